The minimum atomic E-state index is -0.471. The summed E-state index contributed by atoms with van der Waals surface area (Å²) in [6.45, 7) is 7.60. The van der Waals surface area contributed by atoms with Crippen molar-refractivity contribution in [2.75, 3.05) is 11.1 Å². The quantitative estimate of drug-likeness (QED) is 0.500. The second kappa shape index (κ2) is 6.95. The summed E-state index contributed by atoms with van der Waals surface area (Å²) in [6.07, 6.45) is 0. The number of anilines is 1. The Labute approximate surface area is 143 Å². The number of nitro benzene ring substituents is 1. The number of nitro groups is 1. The van der Waals surface area contributed by atoms with Gasteiger partial charge in [-0.15, -0.1) is 5.10 Å². The lowest BCUT2D eigenvalue weighted by Crippen LogP contribution is -2.24. The molecule has 24 heavy (non-hydrogen) atoms. The number of thioether (sulfide) groups is 1. The smallest absolute Gasteiger partial charge is 0.269 e. The van der Waals surface area contributed by atoms with Crippen LogP contribution in [0.15, 0.2) is 23.4 Å². The SMILES string of the molecule is Cc1cc([N+](=O)[O-])ccc1NC(=O)CSc1nnnn1C(C)(C)C. The zero-order valence-corrected chi connectivity index (χ0v) is 14.6. The second-order valence-electron chi connectivity index (χ2n) is 6.14. The van der Waals surface area contributed by atoms with Gasteiger partial charge in [0.15, 0.2) is 0 Å². The monoisotopic (exact) mass is 350 g/mol. The van der Waals surface area contributed by atoms with Crippen LogP contribution >= 0.6 is 11.8 Å². The maximum Gasteiger partial charge on any atom is 0.269 e. The number of carbonyl (C=O) groups excluding carboxylic acids is 1. The molecule has 1 heterocycles. The van der Waals surface area contributed by atoms with Crippen molar-refractivity contribution in [2.24, 2.45) is 0 Å². The number of amides is 1. The van der Waals surface area contributed by atoms with E-state index in [1.807, 2.05) is 20.8 Å². The summed E-state index contributed by atoms with van der Waals surface area (Å²) in [5, 5.41) is 25.5. The molecule has 2 rings (SSSR count). The summed E-state index contributed by atoms with van der Waals surface area (Å²) < 4.78 is 1.65. The lowest BCUT2D eigenvalue weighted by Gasteiger charge is -2.19. The fourth-order valence-corrected chi connectivity index (χ4v) is 2.77. The molecule has 0 saturated heterocycles. The summed E-state index contributed by atoms with van der Waals surface area (Å²) in [7, 11) is 0. The molecule has 1 amide bonds. The molecule has 0 aliphatic heterocycles. The number of aryl methyl sites for hydroxylation is 1. The van der Waals surface area contributed by atoms with Gasteiger partial charge in [-0.2, -0.15) is 0 Å². The fraction of sp³-hybridized carbons (Fsp3) is 0.429. The van der Waals surface area contributed by atoms with E-state index in [2.05, 4.69) is 20.8 Å². The average molecular weight is 350 g/mol. The number of tetrazole rings is 1. The largest absolute Gasteiger partial charge is 0.325 e. The lowest BCUT2D eigenvalue weighted by molar-refractivity contribution is -0.384. The number of hydrogen-bond acceptors (Lipinski definition) is 7. The Morgan fingerprint density at radius 2 is 2.12 bits per heavy atom. The van der Waals surface area contributed by atoms with Crippen molar-refractivity contribution in [3.8, 4) is 0 Å². The molecule has 1 N–H and O–H groups in total. The molecule has 9 nitrogen and oxygen atoms in total. The molecule has 0 spiro atoms. The predicted octanol–water partition coefficient (Wildman–Crippen LogP) is 2.38. The van der Waals surface area contributed by atoms with E-state index in [1.54, 1.807) is 11.6 Å². The van der Waals surface area contributed by atoms with Crippen LogP contribution in [0.2, 0.25) is 0 Å². The summed E-state index contributed by atoms with van der Waals surface area (Å²) in [6, 6.07) is 4.30. The van der Waals surface area contributed by atoms with Crippen LogP contribution in [0.4, 0.5) is 11.4 Å². The molecule has 128 valence electrons. The summed E-state index contributed by atoms with van der Waals surface area (Å²) >= 11 is 1.23. The molecule has 0 unspecified atom stereocenters. The zero-order valence-electron chi connectivity index (χ0n) is 13.8. The molecule has 0 atom stereocenters. The molecule has 0 aliphatic carbocycles. The van der Waals surface area contributed by atoms with Gasteiger partial charge in [-0.25, -0.2) is 4.68 Å². The Balaban J connectivity index is 2.00. The molecule has 0 aliphatic rings. The first-order valence-electron chi connectivity index (χ1n) is 7.15. The van der Waals surface area contributed by atoms with Crippen LogP contribution in [0.1, 0.15) is 26.3 Å². The number of hydrogen-bond donors (Lipinski definition) is 1. The van der Waals surface area contributed by atoms with E-state index in [-0.39, 0.29) is 22.9 Å². The van der Waals surface area contributed by atoms with Gasteiger partial charge in [0, 0.05) is 17.8 Å². The van der Waals surface area contributed by atoms with Crippen LogP contribution in [-0.4, -0.2) is 36.8 Å². The fourth-order valence-electron chi connectivity index (χ4n) is 1.91. The number of nitrogens with zero attached hydrogens (tertiary/aromatic N) is 5. The van der Waals surface area contributed by atoms with Crippen LogP contribution in [0, 0.1) is 17.0 Å². The van der Waals surface area contributed by atoms with E-state index in [1.165, 1.54) is 30.0 Å². The number of nitrogens with one attached hydrogen (secondary N) is 1. The van der Waals surface area contributed by atoms with E-state index in [0.29, 0.717) is 16.4 Å². The average Bonchev–Trinajstić information content (AvgIpc) is 2.95. The number of carbonyl (C=O) groups is 1. The van der Waals surface area contributed by atoms with Gasteiger partial charge in [-0.1, -0.05) is 11.8 Å². The van der Waals surface area contributed by atoms with Crippen LogP contribution in [0.25, 0.3) is 0 Å². The third-order valence-electron chi connectivity index (χ3n) is 3.10. The Hall–Kier alpha value is -2.49. The summed E-state index contributed by atoms with van der Waals surface area (Å²) in [4.78, 5) is 22.4. The van der Waals surface area contributed by atoms with E-state index < -0.39 is 4.92 Å². The van der Waals surface area contributed by atoms with Gasteiger partial charge in [0.05, 0.1) is 16.2 Å². The van der Waals surface area contributed by atoms with Gasteiger partial charge in [0.2, 0.25) is 11.1 Å². The second-order valence-corrected chi connectivity index (χ2v) is 7.08. The first kappa shape index (κ1) is 17.9. The van der Waals surface area contributed by atoms with Crippen LogP contribution in [0.5, 0.6) is 0 Å². The van der Waals surface area contributed by atoms with Crippen LogP contribution in [-0.2, 0) is 10.3 Å². The first-order valence-corrected chi connectivity index (χ1v) is 8.13. The minimum absolute atomic E-state index is 0.00997. The summed E-state index contributed by atoms with van der Waals surface area (Å²) in [5.74, 6) is -0.104. The highest BCUT2D eigenvalue weighted by Gasteiger charge is 2.20. The third-order valence-corrected chi connectivity index (χ3v) is 4.02. The molecular weight excluding hydrogens is 332 g/mol. The van der Waals surface area contributed by atoms with E-state index in [0.717, 1.165) is 0 Å². The van der Waals surface area contributed by atoms with E-state index in [9.17, 15) is 14.9 Å². The van der Waals surface area contributed by atoms with Crippen molar-refractivity contribution < 1.29 is 9.72 Å². The minimum Gasteiger partial charge on any atom is -0.325 e. The van der Waals surface area contributed by atoms with Crippen molar-refractivity contribution >= 4 is 29.0 Å². The highest BCUT2D eigenvalue weighted by atomic mass is 32.2. The summed E-state index contributed by atoms with van der Waals surface area (Å²) in [5.41, 5.74) is 0.880. The highest BCUT2D eigenvalue weighted by Crippen LogP contribution is 2.23. The van der Waals surface area contributed by atoms with Gasteiger partial charge >= 0.3 is 0 Å². The molecule has 0 saturated carbocycles. The maximum absolute atomic E-state index is 12.1. The zero-order chi connectivity index (χ0) is 17.9. The molecule has 2 aromatic rings. The number of benzene rings is 1. The van der Waals surface area contributed by atoms with Crippen LogP contribution in [0.3, 0.4) is 0 Å². The van der Waals surface area contributed by atoms with Crippen molar-refractivity contribution in [3.63, 3.8) is 0 Å². The number of non-ortho nitro benzene ring substituents is 1. The van der Waals surface area contributed by atoms with Crippen molar-refractivity contribution in [3.05, 3.63) is 33.9 Å². The third kappa shape index (κ3) is 4.28. The molecule has 0 radical (unpaired) electrons. The van der Waals surface area contributed by atoms with Crippen LogP contribution < -0.4 is 5.32 Å². The van der Waals surface area contributed by atoms with E-state index in [4.69, 9.17) is 0 Å². The Bertz CT molecular complexity index is 768. The normalized spacial score (nSPS) is 11.3. The maximum atomic E-state index is 12.1. The Morgan fingerprint density at radius 1 is 1.42 bits per heavy atom. The Morgan fingerprint density at radius 3 is 2.71 bits per heavy atom. The molecule has 1 aromatic heterocycles. The number of aromatic nitrogens is 4. The van der Waals surface area contributed by atoms with Gasteiger partial charge in [0.25, 0.3) is 5.69 Å². The van der Waals surface area contributed by atoms with Gasteiger partial charge in [0.1, 0.15) is 0 Å². The van der Waals surface area contributed by atoms with Crippen molar-refractivity contribution in [2.45, 2.75) is 38.4 Å². The van der Waals surface area contributed by atoms with Gasteiger partial charge in [-0.3, -0.25) is 14.9 Å². The topological polar surface area (TPSA) is 116 Å². The number of rotatable bonds is 5. The molecule has 0 fully saturated rings. The van der Waals surface area contributed by atoms with E-state index >= 15 is 0 Å². The first-order chi connectivity index (χ1) is 11.2. The highest BCUT2D eigenvalue weighted by molar-refractivity contribution is 7.99. The molecule has 1 aromatic carbocycles. The van der Waals surface area contributed by atoms with Crippen molar-refractivity contribution in [1.29, 1.82) is 0 Å². The molecule has 10 heteroatoms. The van der Waals surface area contributed by atoms with Gasteiger partial charge < -0.3 is 5.32 Å². The van der Waals surface area contributed by atoms with Crippen molar-refractivity contribution in [1.82, 2.24) is 20.2 Å². The van der Waals surface area contributed by atoms with Gasteiger partial charge in [-0.05, 0) is 49.8 Å². The lowest BCUT2D eigenvalue weighted by atomic mass is 10.1. The standard InChI is InChI=1S/C14H18N6O3S/c1-9-7-10(20(22)23)5-6-11(9)15-12(21)8-24-13-16-17-18-19(13)14(2,3)4/h5-7H,8H2,1-4H3,(H,15,21). The molecular formula is C14H18N6O3S. The molecule has 0 bridgehead atoms. The predicted molar refractivity (Wildman–Crippen MR) is 90.0 cm³/mol. The Kier molecular flexibility index (Phi) is 5.17.